The Bertz CT molecular complexity index is 645. The van der Waals surface area contributed by atoms with Crippen LogP contribution in [0.15, 0.2) is 29.6 Å². The van der Waals surface area contributed by atoms with Gasteiger partial charge in [0.05, 0.1) is 16.8 Å². The fourth-order valence-corrected chi connectivity index (χ4v) is 4.00. The molecule has 0 radical (unpaired) electrons. The maximum Gasteiger partial charge on any atom is 0.126 e. The van der Waals surface area contributed by atoms with Crippen LogP contribution in [0.1, 0.15) is 22.7 Å². The lowest BCUT2D eigenvalue weighted by atomic mass is 9.88. The molecule has 0 aliphatic carbocycles. The lowest BCUT2D eigenvalue weighted by Gasteiger charge is -2.37. The second-order valence-electron chi connectivity index (χ2n) is 6.21. The predicted octanol–water partition coefficient (Wildman–Crippen LogP) is 3.67. The van der Waals surface area contributed by atoms with E-state index in [2.05, 4.69) is 15.3 Å². The number of methoxy groups -OCH3 is 1. The van der Waals surface area contributed by atoms with Gasteiger partial charge in [-0.3, -0.25) is 4.90 Å². The number of benzene rings is 1. The summed E-state index contributed by atoms with van der Waals surface area (Å²) in [5.74, 6) is 0.194. The molecule has 124 valence electrons. The molecule has 23 heavy (non-hydrogen) atoms. The number of thiazole rings is 1. The van der Waals surface area contributed by atoms with E-state index in [9.17, 15) is 4.39 Å². The number of hydrogen-bond acceptors (Lipinski definition) is 4. The van der Waals surface area contributed by atoms with E-state index in [1.54, 1.807) is 24.5 Å². The molecule has 1 aromatic heterocycles. The zero-order valence-corrected chi connectivity index (χ0v) is 14.5. The van der Waals surface area contributed by atoms with Gasteiger partial charge in [0, 0.05) is 38.0 Å². The molecule has 2 heterocycles. The first-order valence-corrected chi connectivity index (χ1v) is 8.93. The first-order chi connectivity index (χ1) is 11.2. The van der Waals surface area contributed by atoms with Crippen LogP contribution < -0.4 is 0 Å². The molecule has 0 amide bonds. The summed E-state index contributed by atoms with van der Waals surface area (Å²) < 4.78 is 19.6. The first kappa shape index (κ1) is 16.6. The monoisotopic (exact) mass is 334 g/mol. The molecule has 1 saturated heterocycles. The minimum Gasteiger partial charge on any atom is -0.381 e. The van der Waals surface area contributed by atoms with Crippen molar-refractivity contribution in [2.24, 2.45) is 5.92 Å². The number of halogens is 1. The molecule has 0 saturated carbocycles. The SMILES string of the molecule is CO[C@@H]1CCN(Cc2csc(C)n2)C[C@H]1Cc1ccccc1F. The van der Waals surface area contributed by atoms with Crippen LogP contribution in [0.2, 0.25) is 0 Å². The average Bonchev–Trinajstić information content (AvgIpc) is 2.95. The Morgan fingerprint density at radius 3 is 2.91 bits per heavy atom. The number of rotatable bonds is 5. The lowest BCUT2D eigenvalue weighted by molar-refractivity contribution is -0.00899. The Kier molecular flexibility index (Phi) is 5.41. The topological polar surface area (TPSA) is 25.4 Å². The molecule has 1 aliphatic rings. The number of hydrogen-bond donors (Lipinski definition) is 0. The van der Waals surface area contributed by atoms with Crippen molar-refractivity contribution in [2.75, 3.05) is 20.2 Å². The van der Waals surface area contributed by atoms with Gasteiger partial charge >= 0.3 is 0 Å². The average molecular weight is 334 g/mol. The van der Waals surface area contributed by atoms with Crippen molar-refractivity contribution >= 4 is 11.3 Å². The van der Waals surface area contributed by atoms with Gasteiger partial charge in [-0.15, -0.1) is 11.3 Å². The van der Waals surface area contributed by atoms with E-state index < -0.39 is 0 Å². The Morgan fingerprint density at radius 2 is 2.22 bits per heavy atom. The minimum atomic E-state index is -0.116. The van der Waals surface area contributed by atoms with Gasteiger partial charge in [0.25, 0.3) is 0 Å². The molecule has 1 fully saturated rings. The van der Waals surface area contributed by atoms with Gasteiger partial charge in [0.2, 0.25) is 0 Å². The van der Waals surface area contributed by atoms with E-state index in [0.29, 0.717) is 5.92 Å². The summed E-state index contributed by atoms with van der Waals surface area (Å²) in [6.07, 6.45) is 1.90. The van der Waals surface area contributed by atoms with Gasteiger partial charge in [-0.05, 0) is 31.4 Å². The van der Waals surface area contributed by atoms with Crippen LogP contribution in [0.4, 0.5) is 4.39 Å². The quantitative estimate of drug-likeness (QED) is 0.834. The summed E-state index contributed by atoms with van der Waals surface area (Å²) in [6, 6.07) is 7.06. The van der Waals surface area contributed by atoms with E-state index in [1.807, 2.05) is 19.1 Å². The number of ether oxygens (including phenoxy) is 1. The molecule has 0 bridgehead atoms. The molecule has 3 rings (SSSR count). The van der Waals surface area contributed by atoms with Gasteiger partial charge in [0.1, 0.15) is 5.82 Å². The van der Waals surface area contributed by atoms with Crippen LogP contribution in [-0.2, 0) is 17.7 Å². The van der Waals surface area contributed by atoms with Crippen molar-refractivity contribution in [1.82, 2.24) is 9.88 Å². The highest BCUT2D eigenvalue weighted by Gasteiger charge is 2.30. The second-order valence-corrected chi connectivity index (χ2v) is 7.27. The summed E-state index contributed by atoms with van der Waals surface area (Å²) in [4.78, 5) is 6.96. The molecular formula is C18H23FN2OS. The van der Waals surface area contributed by atoms with E-state index in [4.69, 9.17) is 4.74 Å². The maximum absolute atomic E-state index is 14.0. The highest BCUT2D eigenvalue weighted by atomic mass is 32.1. The highest BCUT2D eigenvalue weighted by molar-refractivity contribution is 7.09. The number of aromatic nitrogens is 1. The third-order valence-electron chi connectivity index (χ3n) is 4.54. The lowest BCUT2D eigenvalue weighted by Crippen LogP contribution is -2.44. The van der Waals surface area contributed by atoms with Crippen molar-refractivity contribution in [1.29, 1.82) is 0 Å². The zero-order chi connectivity index (χ0) is 16.2. The van der Waals surface area contributed by atoms with Gasteiger partial charge in [-0.25, -0.2) is 9.37 Å². The van der Waals surface area contributed by atoms with Gasteiger partial charge in [-0.2, -0.15) is 0 Å². The fraction of sp³-hybridized carbons (Fsp3) is 0.500. The van der Waals surface area contributed by atoms with Crippen molar-refractivity contribution < 1.29 is 9.13 Å². The molecule has 0 N–H and O–H groups in total. The first-order valence-electron chi connectivity index (χ1n) is 8.05. The van der Waals surface area contributed by atoms with Gasteiger partial charge < -0.3 is 4.74 Å². The summed E-state index contributed by atoms with van der Waals surface area (Å²) in [7, 11) is 1.76. The van der Waals surface area contributed by atoms with Crippen molar-refractivity contribution in [3.05, 3.63) is 51.7 Å². The number of likely N-dealkylation sites (tertiary alicyclic amines) is 1. The van der Waals surface area contributed by atoms with Crippen LogP contribution in [-0.4, -0.2) is 36.2 Å². The third kappa shape index (κ3) is 4.16. The fourth-order valence-electron chi connectivity index (χ4n) is 3.39. The number of nitrogens with zero attached hydrogens (tertiary/aromatic N) is 2. The Hall–Kier alpha value is -1.30. The van der Waals surface area contributed by atoms with Crippen LogP contribution in [0.3, 0.4) is 0 Å². The molecule has 1 aliphatic heterocycles. The van der Waals surface area contributed by atoms with Crippen molar-refractivity contribution in [3.8, 4) is 0 Å². The van der Waals surface area contributed by atoms with Crippen LogP contribution in [0, 0.1) is 18.7 Å². The highest BCUT2D eigenvalue weighted by Crippen LogP contribution is 2.26. The molecule has 0 spiro atoms. The normalized spacial score (nSPS) is 22.4. The summed E-state index contributed by atoms with van der Waals surface area (Å²) >= 11 is 1.69. The molecule has 2 aromatic rings. The number of piperidine rings is 1. The van der Waals surface area contributed by atoms with Crippen LogP contribution in [0.25, 0.3) is 0 Å². The van der Waals surface area contributed by atoms with Crippen molar-refractivity contribution in [3.63, 3.8) is 0 Å². The van der Waals surface area contributed by atoms with Crippen LogP contribution in [0.5, 0.6) is 0 Å². The molecule has 0 unspecified atom stereocenters. The molecule has 1 aromatic carbocycles. The molecular weight excluding hydrogens is 311 g/mol. The molecule has 3 nitrogen and oxygen atoms in total. The van der Waals surface area contributed by atoms with E-state index in [1.165, 1.54) is 6.07 Å². The molecule has 2 atom stereocenters. The maximum atomic E-state index is 14.0. The summed E-state index contributed by atoms with van der Waals surface area (Å²) in [5, 5.41) is 3.23. The summed E-state index contributed by atoms with van der Waals surface area (Å²) in [6.45, 7) is 4.83. The van der Waals surface area contributed by atoms with Gasteiger partial charge in [-0.1, -0.05) is 18.2 Å². The minimum absolute atomic E-state index is 0.116. The third-order valence-corrected chi connectivity index (χ3v) is 5.37. The number of aryl methyl sites for hydroxylation is 1. The standard InChI is InChI=1S/C18H23FN2OS/c1-13-20-16(12-23-13)11-21-8-7-18(22-2)15(10-21)9-14-5-3-4-6-17(14)19/h3-6,12,15,18H,7-11H2,1-2H3/t15-,18-/m1/s1. The predicted molar refractivity (Wildman–Crippen MR) is 91.1 cm³/mol. The zero-order valence-electron chi connectivity index (χ0n) is 13.7. The Balaban J connectivity index is 1.67. The Labute approximate surface area is 141 Å². The molecule has 5 heteroatoms. The van der Waals surface area contributed by atoms with Crippen molar-refractivity contribution in [2.45, 2.75) is 32.4 Å². The van der Waals surface area contributed by atoms with Crippen LogP contribution >= 0.6 is 11.3 Å². The summed E-state index contributed by atoms with van der Waals surface area (Å²) in [5.41, 5.74) is 1.92. The van der Waals surface area contributed by atoms with E-state index in [-0.39, 0.29) is 11.9 Å². The van der Waals surface area contributed by atoms with E-state index in [0.717, 1.165) is 48.7 Å². The second kappa shape index (κ2) is 7.51. The largest absolute Gasteiger partial charge is 0.381 e. The van der Waals surface area contributed by atoms with E-state index >= 15 is 0 Å². The smallest absolute Gasteiger partial charge is 0.126 e. The Morgan fingerprint density at radius 1 is 1.39 bits per heavy atom. The van der Waals surface area contributed by atoms with Gasteiger partial charge in [0.15, 0.2) is 0 Å².